The van der Waals surface area contributed by atoms with E-state index in [1.54, 1.807) is 26.0 Å². The van der Waals surface area contributed by atoms with Gasteiger partial charge >= 0.3 is 11.9 Å². The summed E-state index contributed by atoms with van der Waals surface area (Å²) in [4.78, 5) is 39.3. The highest BCUT2D eigenvalue weighted by Crippen LogP contribution is 2.18. The Morgan fingerprint density at radius 3 is 1.62 bits per heavy atom. The molecule has 2 aromatic rings. The summed E-state index contributed by atoms with van der Waals surface area (Å²) in [7, 11) is 0. The Morgan fingerprint density at radius 1 is 0.725 bits per heavy atom. The van der Waals surface area contributed by atoms with E-state index >= 15 is 0 Å². The molecule has 0 N–H and O–H groups in total. The minimum Gasteiger partial charge on any atom is -0.457 e. The molecular weight excluding hydrogens is 510 g/mol. The van der Waals surface area contributed by atoms with E-state index in [9.17, 15) is 14.4 Å². The van der Waals surface area contributed by atoms with E-state index in [2.05, 4.69) is 19.1 Å². The van der Waals surface area contributed by atoms with Gasteiger partial charge in [-0.1, -0.05) is 70.4 Å². The standard InChI is InChI=1S/C32H47NO7/c1-4-5-6-7-8-9-10-11-12-13-14-15-16-17-18-23-30(34)33(26(2)39-31(35)28-21-19-24-37-28)27(3)40-32(36)29-22-20-25-38-29/h11-12,19-22,24-27H,4-10,13-18,23H2,1-3H3. The normalized spacial score (nSPS) is 12.8. The van der Waals surface area contributed by atoms with Crippen molar-refractivity contribution in [2.75, 3.05) is 0 Å². The minimum atomic E-state index is -0.979. The molecule has 0 aliphatic heterocycles. The summed E-state index contributed by atoms with van der Waals surface area (Å²) in [5.74, 6) is -1.63. The van der Waals surface area contributed by atoms with Crippen LogP contribution in [0.4, 0.5) is 0 Å². The van der Waals surface area contributed by atoms with Gasteiger partial charge in [0.15, 0.2) is 12.5 Å². The average molecular weight is 558 g/mol. The number of carbonyl (C=O) groups is 3. The van der Waals surface area contributed by atoms with Gasteiger partial charge in [0.1, 0.15) is 0 Å². The van der Waals surface area contributed by atoms with Gasteiger partial charge in [-0.15, -0.1) is 0 Å². The van der Waals surface area contributed by atoms with Crippen LogP contribution in [0.2, 0.25) is 0 Å². The van der Waals surface area contributed by atoms with Crippen LogP contribution < -0.4 is 0 Å². The van der Waals surface area contributed by atoms with Gasteiger partial charge in [0.05, 0.1) is 12.5 Å². The summed E-state index contributed by atoms with van der Waals surface area (Å²) < 4.78 is 21.1. The van der Waals surface area contributed by atoms with Gasteiger partial charge in [-0.05, 0) is 70.2 Å². The number of ether oxygens (including phenoxy) is 2. The highest BCUT2D eigenvalue weighted by Gasteiger charge is 2.31. The zero-order valence-electron chi connectivity index (χ0n) is 24.5. The molecule has 0 saturated carbocycles. The molecule has 0 aliphatic rings. The topological polar surface area (TPSA) is 99.2 Å². The number of rotatable bonds is 21. The maximum Gasteiger partial charge on any atom is 0.376 e. The lowest BCUT2D eigenvalue weighted by Crippen LogP contribution is -2.48. The van der Waals surface area contributed by atoms with Crippen molar-refractivity contribution in [3.8, 4) is 0 Å². The maximum absolute atomic E-state index is 13.2. The smallest absolute Gasteiger partial charge is 0.376 e. The van der Waals surface area contributed by atoms with Crippen molar-refractivity contribution in [2.45, 2.75) is 123 Å². The second-order valence-electron chi connectivity index (χ2n) is 10.1. The van der Waals surface area contributed by atoms with Crippen molar-refractivity contribution >= 4 is 17.8 Å². The predicted octanol–water partition coefficient (Wildman–Crippen LogP) is 8.44. The van der Waals surface area contributed by atoms with Crippen LogP contribution in [0.1, 0.15) is 132 Å². The molecule has 2 rings (SSSR count). The summed E-state index contributed by atoms with van der Waals surface area (Å²) in [6.45, 7) is 5.38. The van der Waals surface area contributed by atoms with E-state index in [0.29, 0.717) is 6.42 Å². The summed E-state index contributed by atoms with van der Waals surface area (Å²) >= 11 is 0. The van der Waals surface area contributed by atoms with Crippen LogP contribution in [-0.4, -0.2) is 35.2 Å². The van der Waals surface area contributed by atoms with E-state index in [1.807, 2.05) is 0 Å². The molecule has 0 bridgehead atoms. The van der Waals surface area contributed by atoms with E-state index in [4.69, 9.17) is 18.3 Å². The van der Waals surface area contributed by atoms with E-state index < -0.39 is 24.4 Å². The zero-order valence-corrected chi connectivity index (χ0v) is 24.5. The third-order valence-corrected chi connectivity index (χ3v) is 6.72. The van der Waals surface area contributed by atoms with Crippen molar-refractivity contribution in [3.05, 3.63) is 60.5 Å². The fourth-order valence-corrected chi connectivity index (χ4v) is 4.51. The quantitative estimate of drug-likeness (QED) is 0.0657. The Balaban J connectivity index is 1.73. The lowest BCUT2D eigenvalue weighted by atomic mass is 10.1. The molecule has 8 heteroatoms. The third kappa shape index (κ3) is 12.7. The number of nitrogens with zero attached hydrogens (tertiary/aromatic N) is 1. The molecular formula is C32H47NO7. The molecule has 0 aliphatic carbocycles. The van der Waals surface area contributed by atoms with E-state index in [-0.39, 0.29) is 23.8 Å². The van der Waals surface area contributed by atoms with Crippen molar-refractivity contribution in [1.82, 2.24) is 4.90 Å². The van der Waals surface area contributed by atoms with Crippen molar-refractivity contribution in [3.63, 3.8) is 0 Å². The van der Waals surface area contributed by atoms with Crippen LogP contribution in [-0.2, 0) is 14.3 Å². The monoisotopic (exact) mass is 557 g/mol. The van der Waals surface area contributed by atoms with Gasteiger partial charge in [0, 0.05) is 6.42 Å². The van der Waals surface area contributed by atoms with Gasteiger partial charge in [-0.3, -0.25) is 9.69 Å². The van der Waals surface area contributed by atoms with Gasteiger partial charge in [-0.25, -0.2) is 9.59 Å². The first-order chi connectivity index (χ1) is 19.4. The highest BCUT2D eigenvalue weighted by molar-refractivity contribution is 5.87. The number of unbranched alkanes of at least 4 members (excludes halogenated alkanes) is 11. The van der Waals surface area contributed by atoms with Gasteiger partial charge in [0.25, 0.3) is 0 Å². The molecule has 40 heavy (non-hydrogen) atoms. The van der Waals surface area contributed by atoms with E-state index in [0.717, 1.165) is 32.1 Å². The first-order valence-electron chi connectivity index (χ1n) is 14.9. The molecule has 0 fully saturated rings. The molecule has 222 valence electrons. The fraction of sp³-hybridized carbons (Fsp3) is 0.594. The second kappa shape index (κ2) is 19.7. The van der Waals surface area contributed by atoms with Crippen molar-refractivity contribution in [2.24, 2.45) is 0 Å². The molecule has 0 radical (unpaired) electrons. The van der Waals surface area contributed by atoms with Crippen LogP contribution in [0, 0.1) is 0 Å². The number of amides is 1. The van der Waals surface area contributed by atoms with Crippen LogP contribution in [0.15, 0.2) is 57.8 Å². The number of esters is 2. The molecule has 8 nitrogen and oxygen atoms in total. The lowest BCUT2D eigenvalue weighted by Gasteiger charge is -2.33. The van der Waals surface area contributed by atoms with Crippen LogP contribution >= 0.6 is 0 Å². The largest absolute Gasteiger partial charge is 0.457 e. The van der Waals surface area contributed by atoms with E-state index in [1.165, 1.54) is 74.5 Å². The Kier molecular flexibility index (Phi) is 16.2. The molecule has 0 aromatic carbocycles. The molecule has 2 atom stereocenters. The number of carbonyl (C=O) groups excluding carboxylic acids is 3. The summed E-state index contributed by atoms with van der Waals surface area (Å²) in [5.41, 5.74) is 0. The number of allylic oxidation sites excluding steroid dienone is 2. The summed E-state index contributed by atoms with van der Waals surface area (Å²) in [5, 5.41) is 0. The molecule has 0 saturated heterocycles. The number of furan rings is 2. The zero-order chi connectivity index (χ0) is 29.0. The number of hydrogen-bond acceptors (Lipinski definition) is 7. The van der Waals surface area contributed by atoms with Gasteiger partial charge in [-0.2, -0.15) is 0 Å². The SMILES string of the molecule is CCCCCCCCC=CCCCCCCCC(=O)N(C(C)OC(=O)c1ccco1)C(C)OC(=O)c1ccco1. The van der Waals surface area contributed by atoms with Gasteiger partial charge in [0.2, 0.25) is 17.4 Å². The van der Waals surface area contributed by atoms with Crippen molar-refractivity contribution in [1.29, 1.82) is 0 Å². The van der Waals surface area contributed by atoms with Crippen molar-refractivity contribution < 1.29 is 32.7 Å². The van der Waals surface area contributed by atoms with Crippen LogP contribution in [0.3, 0.4) is 0 Å². The molecule has 2 heterocycles. The average Bonchev–Trinajstić information content (AvgIpc) is 3.66. The predicted molar refractivity (Wildman–Crippen MR) is 153 cm³/mol. The summed E-state index contributed by atoms with van der Waals surface area (Å²) in [6.07, 6.45) is 20.8. The minimum absolute atomic E-state index is 0.0248. The summed E-state index contributed by atoms with van der Waals surface area (Å²) in [6, 6.07) is 6.11. The Bertz CT molecular complexity index is 927. The first-order valence-corrected chi connectivity index (χ1v) is 14.9. The first kappa shape index (κ1) is 32.9. The lowest BCUT2D eigenvalue weighted by molar-refractivity contribution is -0.157. The molecule has 2 aromatic heterocycles. The highest BCUT2D eigenvalue weighted by atomic mass is 16.6. The van der Waals surface area contributed by atoms with Crippen LogP contribution in [0.5, 0.6) is 0 Å². The van der Waals surface area contributed by atoms with Gasteiger partial charge < -0.3 is 18.3 Å². The second-order valence-corrected chi connectivity index (χ2v) is 10.1. The molecule has 2 unspecified atom stereocenters. The maximum atomic E-state index is 13.2. The Morgan fingerprint density at radius 2 is 1.18 bits per heavy atom. The Labute approximate surface area is 239 Å². The van der Waals surface area contributed by atoms with Crippen LogP contribution in [0.25, 0.3) is 0 Å². The molecule has 1 amide bonds. The fourth-order valence-electron chi connectivity index (χ4n) is 4.51. The third-order valence-electron chi connectivity index (χ3n) is 6.72. The molecule has 0 spiro atoms. The number of hydrogen-bond donors (Lipinski definition) is 0. The Hall–Kier alpha value is -3.29.